The zero-order valence-electron chi connectivity index (χ0n) is 13.2. The Hall–Kier alpha value is -0.930. The van der Waals surface area contributed by atoms with E-state index in [2.05, 4.69) is 40.4 Å². The lowest BCUT2D eigenvalue weighted by Gasteiger charge is -2.17. The molecule has 1 atom stereocenters. The second-order valence-electron chi connectivity index (χ2n) is 5.64. The summed E-state index contributed by atoms with van der Waals surface area (Å²) in [6.45, 7) is 3.33. The standard InChI is InChI=1S/C18H25ClN2S/c1-2-3-4-5-18(10-12-21-13-11-20-15-21)22-14-16-6-8-17(19)9-7-16/h6-9,11,13,15,18H,2-5,10,12,14H2,1H3. The lowest BCUT2D eigenvalue weighted by molar-refractivity contribution is 0.569. The molecule has 1 heterocycles. The second-order valence-corrected chi connectivity index (χ2v) is 7.37. The lowest BCUT2D eigenvalue weighted by atomic mass is 10.1. The fourth-order valence-corrected chi connectivity index (χ4v) is 3.79. The predicted octanol–water partition coefficient (Wildman–Crippen LogP) is 5.81. The van der Waals surface area contributed by atoms with E-state index in [-0.39, 0.29) is 0 Å². The Morgan fingerprint density at radius 1 is 1.18 bits per heavy atom. The van der Waals surface area contributed by atoms with Gasteiger partial charge in [0.05, 0.1) is 6.33 Å². The molecule has 0 aliphatic carbocycles. The van der Waals surface area contributed by atoms with E-state index in [9.17, 15) is 0 Å². The van der Waals surface area contributed by atoms with Crippen molar-refractivity contribution in [2.45, 2.75) is 56.6 Å². The van der Waals surface area contributed by atoms with Gasteiger partial charge in [0.2, 0.25) is 0 Å². The Balaban J connectivity index is 1.81. The van der Waals surface area contributed by atoms with E-state index in [1.807, 2.05) is 30.9 Å². The Labute approximate surface area is 143 Å². The van der Waals surface area contributed by atoms with Crippen molar-refractivity contribution < 1.29 is 0 Å². The van der Waals surface area contributed by atoms with Crippen LogP contribution in [0.5, 0.6) is 0 Å². The van der Waals surface area contributed by atoms with Crippen molar-refractivity contribution in [2.24, 2.45) is 0 Å². The lowest BCUT2D eigenvalue weighted by Crippen LogP contribution is -2.08. The van der Waals surface area contributed by atoms with Gasteiger partial charge in [-0.3, -0.25) is 0 Å². The van der Waals surface area contributed by atoms with Crippen LogP contribution >= 0.6 is 23.4 Å². The van der Waals surface area contributed by atoms with Crippen molar-refractivity contribution in [3.8, 4) is 0 Å². The summed E-state index contributed by atoms with van der Waals surface area (Å²) in [6, 6.07) is 8.23. The number of thioether (sulfide) groups is 1. The van der Waals surface area contributed by atoms with E-state index in [4.69, 9.17) is 11.6 Å². The van der Waals surface area contributed by atoms with Crippen LogP contribution in [-0.4, -0.2) is 14.8 Å². The molecule has 2 nitrogen and oxygen atoms in total. The monoisotopic (exact) mass is 336 g/mol. The van der Waals surface area contributed by atoms with Gasteiger partial charge in [-0.15, -0.1) is 0 Å². The first-order valence-corrected chi connectivity index (χ1v) is 9.52. The van der Waals surface area contributed by atoms with Gasteiger partial charge in [0.15, 0.2) is 0 Å². The average molecular weight is 337 g/mol. The van der Waals surface area contributed by atoms with E-state index < -0.39 is 0 Å². The highest BCUT2D eigenvalue weighted by atomic mass is 35.5. The molecule has 22 heavy (non-hydrogen) atoms. The van der Waals surface area contributed by atoms with Gasteiger partial charge in [0.1, 0.15) is 0 Å². The van der Waals surface area contributed by atoms with Crippen LogP contribution in [0.1, 0.15) is 44.6 Å². The number of rotatable bonds is 10. The van der Waals surface area contributed by atoms with Gasteiger partial charge in [-0.25, -0.2) is 4.98 Å². The normalized spacial score (nSPS) is 12.5. The molecule has 0 aliphatic heterocycles. The SMILES string of the molecule is CCCCCC(CCn1ccnc1)SCc1ccc(Cl)cc1. The number of imidazole rings is 1. The summed E-state index contributed by atoms with van der Waals surface area (Å²) in [5.41, 5.74) is 1.36. The van der Waals surface area contributed by atoms with E-state index in [1.165, 1.54) is 37.7 Å². The molecular formula is C18H25ClN2S. The summed E-state index contributed by atoms with van der Waals surface area (Å²) in [4.78, 5) is 4.12. The summed E-state index contributed by atoms with van der Waals surface area (Å²) < 4.78 is 2.18. The molecule has 2 rings (SSSR count). The van der Waals surface area contributed by atoms with E-state index in [0.29, 0.717) is 5.25 Å². The number of hydrogen-bond donors (Lipinski definition) is 0. The highest BCUT2D eigenvalue weighted by molar-refractivity contribution is 7.99. The van der Waals surface area contributed by atoms with Crippen LogP contribution in [0.3, 0.4) is 0 Å². The molecule has 0 spiro atoms. The minimum atomic E-state index is 0.713. The number of nitrogens with zero attached hydrogens (tertiary/aromatic N) is 2. The number of unbranched alkanes of at least 4 members (excludes halogenated alkanes) is 2. The predicted molar refractivity (Wildman–Crippen MR) is 97.5 cm³/mol. The van der Waals surface area contributed by atoms with Gasteiger partial charge >= 0.3 is 0 Å². The van der Waals surface area contributed by atoms with Gasteiger partial charge in [-0.1, -0.05) is 49.9 Å². The summed E-state index contributed by atoms with van der Waals surface area (Å²) >= 11 is 8.03. The first-order chi connectivity index (χ1) is 10.8. The molecule has 0 aliphatic rings. The van der Waals surface area contributed by atoms with Crippen LogP contribution in [-0.2, 0) is 12.3 Å². The van der Waals surface area contributed by atoms with Crippen LogP contribution in [0.4, 0.5) is 0 Å². The number of hydrogen-bond acceptors (Lipinski definition) is 2. The topological polar surface area (TPSA) is 17.8 Å². The van der Waals surface area contributed by atoms with Crippen molar-refractivity contribution >= 4 is 23.4 Å². The molecule has 0 saturated carbocycles. The quantitative estimate of drug-likeness (QED) is 0.509. The summed E-state index contributed by atoms with van der Waals surface area (Å²) in [5, 5.41) is 1.53. The molecule has 4 heteroatoms. The Kier molecular flexibility index (Phi) is 7.89. The van der Waals surface area contributed by atoms with E-state index in [0.717, 1.165) is 17.3 Å². The molecule has 2 aromatic rings. The zero-order chi connectivity index (χ0) is 15.6. The minimum Gasteiger partial charge on any atom is -0.337 e. The van der Waals surface area contributed by atoms with E-state index in [1.54, 1.807) is 0 Å². The van der Waals surface area contributed by atoms with Crippen LogP contribution < -0.4 is 0 Å². The maximum Gasteiger partial charge on any atom is 0.0945 e. The maximum atomic E-state index is 5.95. The molecule has 0 N–H and O–H groups in total. The number of aromatic nitrogens is 2. The van der Waals surface area contributed by atoms with Crippen molar-refractivity contribution in [1.29, 1.82) is 0 Å². The van der Waals surface area contributed by atoms with Crippen LogP contribution in [0.25, 0.3) is 0 Å². The van der Waals surface area contributed by atoms with Crippen LogP contribution in [0, 0.1) is 0 Å². The number of benzene rings is 1. The zero-order valence-corrected chi connectivity index (χ0v) is 14.8. The fraction of sp³-hybridized carbons (Fsp3) is 0.500. The van der Waals surface area contributed by atoms with E-state index >= 15 is 0 Å². The third kappa shape index (κ3) is 6.45. The van der Waals surface area contributed by atoms with Crippen molar-refractivity contribution in [3.63, 3.8) is 0 Å². The van der Waals surface area contributed by atoms with Gasteiger partial charge in [-0.05, 0) is 30.5 Å². The van der Waals surface area contributed by atoms with Crippen LogP contribution in [0.15, 0.2) is 43.0 Å². The molecule has 0 fully saturated rings. The third-order valence-corrected chi connectivity index (χ3v) is 5.49. The van der Waals surface area contributed by atoms with Crippen molar-refractivity contribution in [2.75, 3.05) is 0 Å². The van der Waals surface area contributed by atoms with Crippen molar-refractivity contribution in [3.05, 3.63) is 53.6 Å². The third-order valence-electron chi connectivity index (χ3n) is 3.80. The molecule has 0 amide bonds. The maximum absolute atomic E-state index is 5.95. The fourth-order valence-electron chi connectivity index (χ4n) is 2.44. The summed E-state index contributed by atoms with van der Waals surface area (Å²) in [6.07, 6.45) is 12.3. The molecule has 120 valence electrons. The Morgan fingerprint density at radius 3 is 2.68 bits per heavy atom. The van der Waals surface area contributed by atoms with Gasteiger partial charge in [0.25, 0.3) is 0 Å². The minimum absolute atomic E-state index is 0.713. The highest BCUT2D eigenvalue weighted by Crippen LogP contribution is 2.26. The van der Waals surface area contributed by atoms with Gasteiger partial charge < -0.3 is 4.57 Å². The average Bonchev–Trinajstić information content (AvgIpc) is 3.04. The molecule has 1 aromatic carbocycles. The first-order valence-electron chi connectivity index (χ1n) is 8.09. The molecule has 0 radical (unpaired) electrons. The molecule has 1 unspecified atom stereocenters. The van der Waals surface area contributed by atoms with Gasteiger partial charge in [-0.2, -0.15) is 11.8 Å². The summed E-state index contributed by atoms with van der Waals surface area (Å²) in [5.74, 6) is 1.07. The molecule has 0 saturated heterocycles. The summed E-state index contributed by atoms with van der Waals surface area (Å²) in [7, 11) is 0. The smallest absolute Gasteiger partial charge is 0.0945 e. The van der Waals surface area contributed by atoms with Gasteiger partial charge in [0, 0.05) is 35.0 Å². The largest absolute Gasteiger partial charge is 0.337 e. The Bertz CT molecular complexity index is 510. The Morgan fingerprint density at radius 2 is 2.00 bits per heavy atom. The number of aryl methyl sites for hydroxylation is 1. The second kappa shape index (κ2) is 9.96. The molecule has 1 aromatic heterocycles. The van der Waals surface area contributed by atoms with Crippen molar-refractivity contribution in [1.82, 2.24) is 9.55 Å². The highest BCUT2D eigenvalue weighted by Gasteiger charge is 2.10. The first kappa shape index (κ1) is 17.4. The molecule has 0 bridgehead atoms. The number of halogens is 1. The molecular weight excluding hydrogens is 312 g/mol. The van der Waals surface area contributed by atoms with Crippen LogP contribution in [0.2, 0.25) is 5.02 Å².